The quantitative estimate of drug-likeness (QED) is 0.747. The van der Waals surface area contributed by atoms with E-state index in [9.17, 15) is 4.79 Å². The fourth-order valence-corrected chi connectivity index (χ4v) is 2.67. The lowest BCUT2D eigenvalue weighted by Crippen LogP contribution is -2.38. The van der Waals surface area contributed by atoms with Crippen LogP contribution in [0, 0.1) is 6.92 Å². The van der Waals surface area contributed by atoms with E-state index in [1.54, 1.807) is 0 Å². The zero-order valence-electron chi connectivity index (χ0n) is 10.9. The van der Waals surface area contributed by atoms with E-state index in [1.165, 1.54) is 0 Å². The van der Waals surface area contributed by atoms with E-state index in [-0.39, 0.29) is 11.3 Å². The molecule has 1 aliphatic rings. The van der Waals surface area contributed by atoms with E-state index in [1.807, 2.05) is 36.1 Å². The van der Waals surface area contributed by atoms with Crippen molar-refractivity contribution < 1.29 is 9.21 Å². The Labute approximate surface area is 117 Å². The van der Waals surface area contributed by atoms with Crippen LogP contribution in [-0.2, 0) is 0 Å². The lowest BCUT2D eigenvalue weighted by Gasteiger charge is -2.28. The molecule has 1 amide bonds. The minimum Gasteiger partial charge on any atom is -0.451 e. The van der Waals surface area contributed by atoms with Gasteiger partial charge >= 0.3 is 0 Å². The highest BCUT2D eigenvalue weighted by Gasteiger charge is 2.24. The number of benzene rings is 1. The van der Waals surface area contributed by atoms with E-state index >= 15 is 0 Å². The van der Waals surface area contributed by atoms with Gasteiger partial charge in [-0.2, -0.15) is 0 Å². The van der Waals surface area contributed by atoms with Crippen molar-refractivity contribution in [2.45, 2.75) is 25.1 Å². The molecule has 3 nitrogen and oxygen atoms in total. The normalized spacial score (nSPS) is 17.1. The Bertz CT molecular complexity index is 612. The Morgan fingerprint density at radius 2 is 2.05 bits per heavy atom. The molecule has 19 heavy (non-hydrogen) atoms. The molecular formula is C15H16ClNO2. The fraction of sp³-hybridized carbons (Fsp3) is 0.400. The Morgan fingerprint density at radius 1 is 1.32 bits per heavy atom. The smallest absolute Gasteiger partial charge is 0.289 e. The summed E-state index contributed by atoms with van der Waals surface area (Å²) in [7, 11) is 0. The number of nitrogens with zero attached hydrogens (tertiary/aromatic N) is 1. The summed E-state index contributed by atoms with van der Waals surface area (Å²) in [6.45, 7) is 3.45. The van der Waals surface area contributed by atoms with Gasteiger partial charge in [0, 0.05) is 23.9 Å². The number of hydrogen-bond donors (Lipinski definition) is 0. The second kappa shape index (κ2) is 4.89. The van der Waals surface area contributed by atoms with Gasteiger partial charge < -0.3 is 9.32 Å². The van der Waals surface area contributed by atoms with E-state index in [4.69, 9.17) is 16.0 Å². The van der Waals surface area contributed by atoms with Crippen LogP contribution in [-0.4, -0.2) is 29.3 Å². The molecule has 100 valence electrons. The molecule has 0 radical (unpaired) electrons. The van der Waals surface area contributed by atoms with E-state index in [2.05, 4.69) is 0 Å². The number of piperidine rings is 1. The molecule has 4 heteroatoms. The van der Waals surface area contributed by atoms with Crippen LogP contribution in [0.1, 0.15) is 29.0 Å². The first kappa shape index (κ1) is 12.5. The Hall–Kier alpha value is -1.48. The van der Waals surface area contributed by atoms with E-state index in [0.717, 1.165) is 29.4 Å². The summed E-state index contributed by atoms with van der Waals surface area (Å²) < 4.78 is 5.64. The Kier molecular flexibility index (Phi) is 3.23. The first-order valence-corrected chi connectivity index (χ1v) is 7.00. The molecule has 1 fully saturated rings. The number of carbonyl (C=O) groups is 1. The first-order chi connectivity index (χ1) is 9.13. The topological polar surface area (TPSA) is 33.5 Å². The third kappa shape index (κ3) is 2.47. The lowest BCUT2D eigenvalue weighted by molar-refractivity contribution is 0.0696. The molecule has 0 bridgehead atoms. The Morgan fingerprint density at radius 3 is 2.79 bits per heavy atom. The number of rotatable bonds is 1. The molecule has 0 spiro atoms. The maximum Gasteiger partial charge on any atom is 0.289 e. The number of carbonyl (C=O) groups excluding carboxylic acids is 1. The maximum absolute atomic E-state index is 12.4. The van der Waals surface area contributed by atoms with E-state index < -0.39 is 0 Å². The van der Waals surface area contributed by atoms with Gasteiger partial charge in [0.25, 0.3) is 5.91 Å². The van der Waals surface area contributed by atoms with Crippen LogP contribution < -0.4 is 0 Å². The zero-order valence-corrected chi connectivity index (χ0v) is 11.6. The fourth-order valence-electron chi connectivity index (χ4n) is 2.48. The summed E-state index contributed by atoms with van der Waals surface area (Å²) in [4.78, 5) is 14.2. The van der Waals surface area contributed by atoms with Gasteiger partial charge in [-0.05, 0) is 38.0 Å². The van der Waals surface area contributed by atoms with Crippen LogP contribution >= 0.6 is 11.6 Å². The molecule has 1 aromatic carbocycles. The predicted molar refractivity (Wildman–Crippen MR) is 75.7 cm³/mol. The number of hydrogen-bond acceptors (Lipinski definition) is 2. The monoisotopic (exact) mass is 277 g/mol. The van der Waals surface area contributed by atoms with Gasteiger partial charge in [-0.1, -0.05) is 11.6 Å². The molecule has 0 atom stereocenters. The largest absolute Gasteiger partial charge is 0.451 e. The van der Waals surface area contributed by atoms with Crippen molar-refractivity contribution in [3.05, 3.63) is 35.6 Å². The van der Waals surface area contributed by atoms with Crippen molar-refractivity contribution in [3.8, 4) is 0 Å². The second-order valence-corrected chi connectivity index (χ2v) is 5.74. The molecule has 0 saturated carbocycles. The molecule has 1 aliphatic heterocycles. The van der Waals surface area contributed by atoms with Gasteiger partial charge in [-0.25, -0.2) is 0 Å². The average molecular weight is 278 g/mol. The van der Waals surface area contributed by atoms with Crippen molar-refractivity contribution in [3.63, 3.8) is 0 Å². The number of amides is 1. The van der Waals surface area contributed by atoms with Gasteiger partial charge in [-0.15, -0.1) is 11.6 Å². The molecule has 2 heterocycles. The highest BCUT2D eigenvalue weighted by Crippen LogP contribution is 2.23. The van der Waals surface area contributed by atoms with Crippen LogP contribution in [0.4, 0.5) is 0 Å². The van der Waals surface area contributed by atoms with Crippen LogP contribution in [0.2, 0.25) is 0 Å². The van der Waals surface area contributed by atoms with Crippen LogP contribution in [0.25, 0.3) is 11.0 Å². The van der Waals surface area contributed by atoms with Crippen molar-refractivity contribution in [2.24, 2.45) is 0 Å². The second-order valence-electron chi connectivity index (χ2n) is 5.12. The molecule has 1 saturated heterocycles. The molecular weight excluding hydrogens is 262 g/mol. The predicted octanol–water partition coefficient (Wildman–Crippen LogP) is 3.58. The van der Waals surface area contributed by atoms with Gasteiger partial charge in [0.15, 0.2) is 5.76 Å². The van der Waals surface area contributed by atoms with Crippen LogP contribution in [0.15, 0.2) is 28.7 Å². The highest BCUT2D eigenvalue weighted by atomic mass is 35.5. The minimum absolute atomic E-state index is 0.0302. The highest BCUT2D eigenvalue weighted by molar-refractivity contribution is 6.20. The summed E-state index contributed by atoms with van der Waals surface area (Å²) in [5.74, 6) is 0.394. The maximum atomic E-state index is 12.4. The average Bonchev–Trinajstić information content (AvgIpc) is 2.81. The molecule has 0 unspecified atom stereocenters. The zero-order chi connectivity index (χ0) is 13.4. The van der Waals surface area contributed by atoms with Gasteiger partial charge in [0.05, 0.1) is 0 Å². The summed E-state index contributed by atoms with van der Waals surface area (Å²) in [5.41, 5.74) is 1.93. The summed E-state index contributed by atoms with van der Waals surface area (Å²) >= 11 is 6.05. The van der Waals surface area contributed by atoms with Crippen molar-refractivity contribution in [1.82, 2.24) is 4.90 Å². The SMILES string of the molecule is Cc1ccc2oc(C(=O)N3CCC(Cl)CC3)cc2c1. The standard InChI is InChI=1S/C15H16ClNO2/c1-10-2-3-13-11(8-10)9-14(19-13)15(18)17-6-4-12(16)5-7-17/h2-3,8-9,12H,4-7H2,1H3. The number of alkyl halides is 1. The third-order valence-corrected chi connectivity index (χ3v) is 4.03. The number of furan rings is 1. The summed E-state index contributed by atoms with van der Waals surface area (Å²) in [6.07, 6.45) is 1.71. The Balaban J connectivity index is 1.85. The van der Waals surface area contributed by atoms with Crippen LogP contribution in [0.5, 0.6) is 0 Å². The summed E-state index contributed by atoms with van der Waals surface area (Å²) in [6, 6.07) is 7.75. The molecule has 2 aromatic rings. The first-order valence-electron chi connectivity index (χ1n) is 6.57. The van der Waals surface area contributed by atoms with Crippen molar-refractivity contribution in [2.75, 3.05) is 13.1 Å². The van der Waals surface area contributed by atoms with Crippen molar-refractivity contribution in [1.29, 1.82) is 0 Å². The van der Waals surface area contributed by atoms with Gasteiger partial charge in [0.2, 0.25) is 0 Å². The molecule has 3 rings (SSSR count). The van der Waals surface area contributed by atoms with Crippen molar-refractivity contribution >= 4 is 28.5 Å². The van der Waals surface area contributed by atoms with Crippen LogP contribution in [0.3, 0.4) is 0 Å². The number of aryl methyl sites for hydroxylation is 1. The van der Waals surface area contributed by atoms with Gasteiger partial charge in [-0.3, -0.25) is 4.79 Å². The molecule has 1 aromatic heterocycles. The number of fused-ring (bicyclic) bond motifs is 1. The molecule has 0 aliphatic carbocycles. The third-order valence-electron chi connectivity index (χ3n) is 3.59. The number of likely N-dealkylation sites (tertiary alicyclic amines) is 1. The lowest BCUT2D eigenvalue weighted by atomic mass is 10.1. The summed E-state index contributed by atoms with van der Waals surface area (Å²) in [5, 5.41) is 1.18. The molecule has 0 N–H and O–H groups in total. The minimum atomic E-state index is -0.0302. The van der Waals surface area contributed by atoms with Gasteiger partial charge in [0.1, 0.15) is 5.58 Å². The van der Waals surface area contributed by atoms with E-state index in [0.29, 0.717) is 18.8 Å². The number of halogens is 1.